The third kappa shape index (κ3) is 2.34. The van der Waals surface area contributed by atoms with Crippen LogP contribution in [0.5, 0.6) is 0 Å². The van der Waals surface area contributed by atoms with Crippen LogP contribution in [0.4, 0.5) is 0 Å². The van der Waals surface area contributed by atoms with Crippen molar-refractivity contribution in [3.05, 3.63) is 20.8 Å². The Bertz CT molecular complexity index is 466. The number of hydrogen-bond acceptors (Lipinski definition) is 4. The van der Waals surface area contributed by atoms with E-state index in [0.29, 0.717) is 12.0 Å². The van der Waals surface area contributed by atoms with Crippen molar-refractivity contribution in [3.63, 3.8) is 0 Å². The van der Waals surface area contributed by atoms with Crippen LogP contribution in [0, 0.1) is 0 Å². The second-order valence-corrected chi connectivity index (χ2v) is 7.96. The second kappa shape index (κ2) is 4.76. The first-order valence-electron chi connectivity index (χ1n) is 5.13. The predicted molar refractivity (Wildman–Crippen MR) is 68.4 cm³/mol. The topological polar surface area (TPSA) is 54.4 Å². The van der Waals surface area contributed by atoms with Gasteiger partial charge < -0.3 is 5.11 Å². The van der Waals surface area contributed by atoms with Gasteiger partial charge in [0.15, 0.2) is 9.84 Å². The lowest BCUT2D eigenvalue weighted by molar-refractivity contribution is 0.164. The van der Waals surface area contributed by atoms with Crippen LogP contribution in [0.3, 0.4) is 0 Å². The SMILES string of the molecule is O=S1(=O)CCCCC1C(O)c1cscc1Br. The Morgan fingerprint density at radius 2 is 2.19 bits per heavy atom. The average Bonchev–Trinajstić information content (AvgIpc) is 2.63. The lowest BCUT2D eigenvalue weighted by Crippen LogP contribution is -2.33. The molecule has 6 heteroatoms. The highest BCUT2D eigenvalue weighted by Gasteiger charge is 2.36. The second-order valence-electron chi connectivity index (χ2n) is 4.02. The summed E-state index contributed by atoms with van der Waals surface area (Å²) in [6.07, 6.45) is 1.26. The van der Waals surface area contributed by atoms with E-state index in [9.17, 15) is 13.5 Å². The van der Waals surface area contributed by atoms with E-state index >= 15 is 0 Å². The number of sulfone groups is 1. The van der Waals surface area contributed by atoms with Crippen molar-refractivity contribution >= 4 is 37.1 Å². The molecule has 2 rings (SSSR count). The zero-order valence-electron chi connectivity index (χ0n) is 8.60. The molecule has 3 nitrogen and oxygen atoms in total. The monoisotopic (exact) mass is 324 g/mol. The molecule has 1 saturated heterocycles. The standard InChI is InChI=1S/C10H13BrO3S2/c11-8-6-15-5-7(8)10(12)9-3-1-2-4-16(9,13)14/h5-6,9-10,12H,1-4H2. The van der Waals surface area contributed by atoms with Gasteiger partial charge in [-0.1, -0.05) is 6.42 Å². The molecule has 0 radical (unpaired) electrons. The largest absolute Gasteiger partial charge is 0.387 e. The fourth-order valence-electron chi connectivity index (χ4n) is 2.04. The Morgan fingerprint density at radius 1 is 1.44 bits per heavy atom. The highest BCUT2D eigenvalue weighted by atomic mass is 79.9. The van der Waals surface area contributed by atoms with Crippen LogP contribution in [-0.4, -0.2) is 24.5 Å². The van der Waals surface area contributed by atoms with Gasteiger partial charge in [0.2, 0.25) is 0 Å². The number of halogens is 1. The Kier molecular flexibility index (Phi) is 3.73. The van der Waals surface area contributed by atoms with E-state index in [0.717, 1.165) is 17.3 Å². The third-order valence-corrected chi connectivity index (χ3v) is 6.97. The van der Waals surface area contributed by atoms with Gasteiger partial charge in [0.05, 0.1) is 17.1 Å². The van der Waals surface area contributed by atoms with Crippen molar-refractivity contribution in [2.24, 2.45) is 0 Å². The van der Waals surface area contributed by atoms with Gasteiger partial charge in [0, 0.05) is 15.4 Å². The summed E-state index contributed by atoms with van der Waals surface area (Å²) in [6, 6.07) is 0. The minimum Gasteiger partial charge on any atom is -0.387 e. The molecule has 0 bridgehead atoms. The summed E-state index contributed by atoms with van der Waals surface area (Å²) in [7, 11) is -3.13. The minimum atomic E-state index is -3.13. The maximum Gasteiger partial charge on any atom is 0.156 e. The Morgan fingerprint density at radius 3 is 2.75 bits per heavy atom. The maximum absolute atomic E-state index is 11.9. The maximum atomic E-state index is 11.9. The first kappa shape index (κ1) is 12.5. The number of rotatable bonds is 2. The molecule has 1 aromatic rings. The number of thiophene rings is 1. The van der Waals surface area contributed by atoms with Crippen LogP contribution in [-0.2, 0) is 9.84 Å². The molecular formula is C10H13BrO3S2. The molecule has 1 aliphatic heterocycles. The molecule has 2 atom stereocenters. The molecule has 0 aliphatic carbocycles. The van der Waals surface area contributed by atoms with Crippen LogP contribution >= 0.6 is 27.3 Å². The van der Waals surface area contributed by atoms with Crippen molar-refractivity contribution < 1.29 is 13.5 Å². The summed E-state index contributed by atoms with van der Waals surface area (Å²) in [4.78, 5) is 0. The Hall–Kier alpha value is 0.0900. The zero-order chi connectivity index (χ0) is 11.8. The Balaban J connectivity index is 2.28. The normalized spacial score (nSPS) is 26.5. The van der Waals surface area contributed by atoms with Crippen molar-refractivity contribution in [2.75, 3.05) is 5.75 Å². The van der Waals surface area contributed by atoms with Crippen molar-refractivity contribution in [1.82, 2.24) is 0 Å². The van der Waals surface area contributed by atoms with Crippen LogP contribution < -0.4 is 0 Å². The van der Waals surface area contributed by atoms with Crippen molar-refractivity contribution in [2.45, 2.75) is 30.6 Å². The molecule has 16 heavy (non-hydrogen) atoms. The molecule has 0 spiro atoms. The molecule has 1 fully saturated rings. The van der Waals surface area contributed by atoms with E-state index in [1.807, 2.05) is 5.38 Å². The lowest BCUT2D eigenvalue weighted by atomic mass is 10.1. The van der Waals surface area contributed by atoms with E-state index in [-0.39, 0.29) is 5.75 Å². The fraction of sp³-hybridized carbons (Fsp3) is 0.600. The third-order valence-electron chi connectivity index (χ3n) is 2.94. The van der Waals surface area contributed by atoms with Crippen LogP contribution in [0.2, 0.25) is 0 Å². The number of aliphatic hydroxyl groups is 1. The van der Waals surface area contributed by atoms with Crippen LogP contribution in [0.15, 0.2) is 15.2 Å². The molecular weight excluding hydrogens is 312 g/mol. The first-order chi connectivity index (χ1) is 7.52. The number of aliphatic hydroxyl groups excluding tert-OH is 1. The van der Waals surface area contributed by atoms with E-state index < -0.39 is 21.2 Å². The van der Waals surface area contributed by atoms with Gasteiger partial charge in [-0.25, -0.2) is 8.42 Å². The lowest BCUT2D eigenvalue weighted by Gasteiger charge is -2.26. The average molecular weight is 325 g/mol. The van der Waals surface area contributed by atoms with Gasteiger partial charge >= 0.3 is 0 Å². The van der Waals surface area contributed by atoms with E-state index in [2.05, 4.69) is 15.9 Å². The van der Waals surface area contributed by atoms with Crippen molar-refractivity contribution in [1.29, 1.82) is 0 Å². The summed E-state index contributed by atoms with van der Waals surface area (Å²) in [5.41, 5.74) is 0.695. The first-order valence-corrected chi connectivity index (χ1v) is 8.59. The summed E-state index contributed by atoms with van der Waals surface area (Å²) in [5.74, 6) is 0.205. The number of hydrogen-bond donors (Lipinski definition) is 1. The van der Waals surface area contributed by atoms with Gasteiger partial charge in [0.25, 0.3) is 0 Å². The molecule has 90 valence electrons. The van der Waals surface area contributed by atoms with Gasteiger partial charge in [-0.3, -0.25) is 0 Å². The molecule has 0 saturated carbocycles. The van der Waals surface area contributed by atoms with Gasteiger partial charge in [-0.2, -0.15) is 11.3 Å². The summed E-state index contributed by atoms with van der Waals surface area (Å²) < 4.78 is 24.5. The molecule has 1 N–H and O–H groups in total. The predicted octanol–water partition coefficient (Wildman–Crippen LogP) is 2.51. The quantitative estimate of drug-likeness (QED) is 0.909. The van der Waals surface area contributed by atoms with Gasteiger partial charge in [-0.05, 0) is 34.2 Å². The zero-order valence-corrected chi connectivity index (χ0v) is 11.8. The Labute approximate surface area is 108 Å². The molecule has 1 aliphatic rings. The summed E-state index contributed by atoms with van der Waals surface area (Å²) in [5, 5.41) is 13.2. The molecule has 1 aromatic heterocycles. The van der Waals surface area contributed by atoms with E-state index in [1.54, 1.807) is 5.38 Å². The fourth-order valence-corrected chi connectivity index (χ4v) is 5.57. The smallest absolute Gasteiger partial charge is 0.156 e. The van der Waals surface area contributed by atoms with Gasteiger partial charge in [0.1, 0.15) is 0 Å². The highest BCUT2D eigenvalue weighted by molar-refractivity contribution is 9.10. The van der Waals surface area contributed by atoms with E-state index in [1.165, 1.54) is 11.3 Å². The molecule has 2 heterocycles. The van der Waals surface area contributed by atoms with Crippen LogP contribution in [0.1, 0.15) is 30.9 Å². The summed E-state index contributed by atoms with van der Waals surface area (Å²) >= 11 is 4.78. The molecule has 0 amide bonds. The molecule has 2 unspecified atom stereocenters. The summed E-state index contributed by atoms with van der Waals surface area (Å²) in [6.45, 7) is 0. The van der Waals surface area contributed by atoms with Gasteiger partial charge in [-0.15, -0.1) is 0 Å². The highest BCUT2D eigenvalue weighted by Crippen LogP contribution is 2.35. The molecule has 0 aromatic carbocycles. The van der Waals surface area contributed by atoms with Crippen molar-refractivity contribution in [3.8, 4) is 0 Å². The minimum absolute atomic E-state index is 0.205. The van der Waals surface area contributed by atoms with Crippen LogP contribution in [0.25, 0.3) is 0 Å². The van der Waals surface area contributed by atoms with E-state index in [4.69, 9.17) is 0 Å².